The fourth-order valence-electron chi connectivity index (χ4n) is 2.99. The van der Waals surface area contributed by atoms with E-state index < -0.39 is 29.5 Å². The van der Waals surface area contributed by atoms with Gasteiger partial charge < -0.3 is 14.8 Å². The van der Waals surface area contributed by atoms with Crippen molar-refractivity contribution in [1.82, 2.24) is 10.3 Å². The Morgan fingerprint density at radius 1 is 1.12 bits per heavy atom. The summed E-state index contributed by atoms with van der Waals surface area (Å²) in [5.74, 6) is -1.30. The van der Waals surface area contributed by atoms with Crippen molar-refractivity contribution in [3.05, 3.63) is 64.4 Å². The number of hydrogen-bond acceptors (Lipinski definition) is 7. The minimum Gasteiger partial charge on any atom is -0.469 e. The van der Waals surface area contributed by atoms with E-state index in [2.05, 4.69) is 15.0 Å². The maximum absolute atomic E-state index is 13.1. The Balaban J connectivity index is 2.27. The number of esters is 1. The van der Waals surface area contributed by atoms with E-state index in [-0.39, 0.29) is 36.3 Å². The van der Waals surface area contributed by atoms with E-state index in [1.165, 1.54) is 19.4 Å². The Hall–Kier alpha value is -3.26. The second kappa shape index (κ2) is 11.6. The maximum Gasteiger partial charge on any atom is 0.408 e. The molecule has 0 aliphatic carbocycles. The predicted molar refractivity (Wildman–Crippen MR) is 122 cm³/mol. The molecule has 1 N–H and O–H groups in total. The first-order chi connectivity index (χ1) is 15.5. The highest BCUT2D eigenvalue weighted by molar-refractivity contribution is 6.31. The second-order valence-electron chi connectivity index (χ2n) is 8.30. The Morgan fingerprint density at radius 3 is 2.45 bits per heavy atom. The molecule has 0 radical (unpaired) electrons. The number of ketones is 2. The van der Waals surface area contributed by atoms with E-state index in [4.69, 9.17) is 16.3 Å². The number of aromatic nitrogens is 1. The van der Waals surface area contributed by atoms with Crippen LogP contribution >= 0.6 is 11.6 Å². The van der Waals surface area contributed by atoms with Crippen molar-refractivity contribution in [1.29, 1.82) is 0 Å². The average Bonchev–Trinajstić information content (AvgIpc) is 2.76. The van der Waals surface area contributed by atoms with Crippen LogP contribution in [0.4, 0.5) is 4.79 Å². The van der Waals surface area contributed by atoms with Crippen molar-refractivity contribution in [3.8, 4) is 0 Å². The third kappa shape index (κ3) is 8.31. The van der Waals surface area contributed by atoms with Crippen LogP contribution in [0.25, 0.3) is 0 Å². The van der Waals surface area contributed by atoms with Gasteiger partial charge in [-0.25, -0.2) is 4.79 Å². The number of rotatable bonds is 9. The number of nitrogens with zero attached hydrogens (tertiary/aromatic N) is 1. The SMILES string of the molecule is COC(=O)CC[C@H](NC(=O)OC(C)(C)C)C(=O)Cc1ccc(Cl)cc1C(=O)c1ccccn1. The van der Waals surface area contributed by atoms with Crippen LogP contribution in [0.1, 0.15) is 55.2 Å². The number of alkyl carbamates (subject to hydrolysis) is 1. The van der Waals surface area contributed by atoms with Gasteiger partial charge in [0.15, 0.2) is 5.78 Å². The molecule has 1 heterocycles. The first-order valence-electron chi connectivity index (χ1n) is 10.3. The lowest BCUT2D eigenvalue weighted by atomic mass is 9.94. The van der Waals surface area contributed by atoms with Crippen LogP contribution in [-0.4, -0.2) is 47.4 Å². The zero-order chi connectivity index (χ0) is 24.6. The van der Waals surface area contributed by atoms with Gasteiger partial charge in [0.05, 0.1) is 13.2 Å². The summed E-state index contributed by atoms with van der Waals surface area (Å²) in [6.07, 6.45) is 0.472. The highest BCUT2D eigenvalue weighted by atomic mass is 35.5. The lowest BCUT2D eigenvalue weighted by Gasteiger charge is -2.23. The summed E-state index contributed by atoms with van der Waals surface area (Å²) < 4.78 is 9.88. The topological polar surface area (TPSA) is 112 Å². The van der Waals surface area contributed by atoms with Crippen molar-refractivity contribution >= 4 is 35.2 Å². The molecular formula is C24H27ClN2O6. The number of methoxy groups -OCH3 is 1. The molecule has 0 aliphatic rings. The predicted octanol–water partition coefficient (Wildman–Crippen LogP) is 3.92. The van der Waals surface area contributed by atoms with E-state index in [1.54, 1.807) is 51.1 Å². The van der Waals surface area contributed by atoms with Gasteiger partial charge in [-0.3, -0.25) is 19.4 Å². The molecule has 1 amide bonds. The lowest BCUT2D eigenvalue weighted by Crippen LogP contribution is -2.44. The zero-order valence-corrected chi connectivity index (χ0v) is 19.8. The number of Topliss-reactive ketones (excluding diaryl/α,β-unsaturated/α-hetero) is 1. The molecule has 0 bridgehead atoms. The molecule has 2 aromatic rings. The number of nitrogens with one attached hydrogen (secondary N) is 1. The van der Waals surface area contributed by atoms with Gasteiger partial charge in [0, 0.05) is 29.6 Å². The summed E-state index contributed by atoms with van der Waals surface area (Å²) in [5, 5.41) is 2.86. The van der Waals surface area contributed by atoms with Crippen LogP contribution in [0.5, 0.6) is 0 Å². The average molecular weight is 475 g/mol. The lowest BCUT2D eigenvalue weighted by molar-refractivity contribution is -0.140. The molecule has 9 heteroatoms. The van der Waals surface area contributed by atoms with E-state index in [0.29, 0.717) is 10.6 Å². The number of hydrogen-bond donors (Lipinski definition) is 1. The Labute approximate surface area is 197 Å². The first-order valence-corrected chi connectivity index (χ1v) is 10.7. The largest absolute Gasteiger partial charge is 0.469 e. The molecule has 33 heavy (non-hydrogen) atoms. The normalized spacial score (nSPS) is 11.9. The van der Waals surface area contributed by atoms with Gasteiger partial charge in [-0.05, 0) is 57.0 Å². The van der Waals surface area contributed by atoms with Gasteiger partial charge in [0.1, 0.15) is 11.3 Å². The number of carbonyl (C=O) groups is 4. The van der Waals surface area contributed by atoms with Gasteiger partial charge >= 0.3 is 12.1 Å². The van der Waals surface area contributed by atoms with E-state index in [0.717, 1.165) is 0 Å². The van der Waals surface area contributed by atoms with Crippen molar-refractivity contribution in [2.24, 2.45) is 0 Å². The van der Waals surface area contributed by atoms with Crippen molar-refractivity contribution in [3.63, 3.8) is 0 Å². The molecule has 0 unspecified atom stereocenters. The van der Waals surface area contributed by atoms with E-state index in [1.807, 2.05) is 0 Å². The molecular weight excluding hydrogens is 448 g/mol. The Bertz CT molecular complexity index is 1020. The molecule has 1 atom stereocenters. The minimum atomic E-state index is -1.02. The van der Waals surface area contributed by atoms with Crippen molar-refractivity contribution in [2.75, 3.05) is 7.11 Å². The first kappa shape index (κ1) is 26.0. The summed E-state index contributed by atoms with van der Waals surface area (Å²) in [6, 6.07) is 8.55. The maximum atomic E-state index is 13.1. The third-order valence-electron chi connectivity index (χ3n) is 4.52. The second-order valence-corrected chi connectivity index (χ2v) is 8.74. The summed E-state index contributed by atoms with van der Waals surface area (Å²) in [5.41, 5.74) is 0.105. The van der Waals surface area contributed by atoms with Gasteiger partial charge in [-0.1, -0.05) is 23.7 Å². The van der Waals surface area contributed by atoms with Crippen LogP contribution in [0, 0.1) is 0 Å². The Morgan fingerprint density at radius 2 is 1.85 bits per heavy atom. The van der Waals surface area contributed by atoms with Gasteiger partial charge in [-0.15, -0.1) is 0 Å². The molecule has 0 saturated heterocycles. The van der Waals surface area contributed by atoms with Crippen molar-refractivity contribution in [2.45, 2.75) is 51.7 Å². The minimum absolute atomic E-state index is 0.0157. The summed E-state index contributed by atoms with van der Waals surface area (Å²) >= 11 is 6.10. The third-order valence-corrected chi connectivity index (χ3v) is 4.76. The van der Waals surface area contributed by atoms with Crippen LogP contribution in [0.3, 0.4) is 0 Å². The number of pyridine rings is 1. The van der Waals surface area contributed by atoms with Crippen LogP contribution < -0.4 is 5.32 Å². The fraction of sp³-hybridized carbons (Fsp3) is 0.375. The standard InChI is InChI=1S/C24H27ClN2O6/c1-24(2,3)33-23(31)27-18(10-11-21(29)32-4)20(28)13-15-8-9-16(25)14-17(15)22(30)19-7-5-6-12-26-19/h5-9,12,14,18H,10-11,13H2,1-4H3,(H,27,31)/t18-/m0/s1. The molecule has 8 nitrogen and oxygen atoms in total. The molecule has 0 fully saturated rings. The number of ether oxygens (including phenoxy) is 2. The number of halogens is 1. The molecule has 2 rings (SSSR count). The summed E-state index contributed by atoms with van der Waals surface area (Å²) in [4.78, 5) is 54.0. The van der Waals surface area contributed by atoms with Crippen molar-refractivity contribution < 1.29 is 28.7 Å². The van der Waals surface area contributed by atoms with E-state index in [9.17, 15) is 19.2 Å². The fourth-order valence-corrected chi connectivity index (χ4v) is 3.16. The van der Waals surface area contributed by atoms with Crippen LogP contribution in [0.2, 0.25) is 5.02 Å². The molecule has 0 spiro atoms. The molecule has 1 aromatic heterocycles. The summed E-state index contributed by atoms with van der Waals surface area (Å²) in [6.45, 7) is 5.09. The van der Waals surface area contributed by atoms with Crippen LogP contribution in [0.15, 0.2) is 42.6 Å². The molecule has 0 saturated carbocycles. The smallest absolute Gasteiger partial charge is 0.408 e. The van der Waals surface area contributed by atoms with E-state index >= 15 is 0 Å². The number of carbonyl (C=O) groups excluding carboxylic acids is 4. The molecule has 1 aromatic carbocycles. The number of benzene rings is 1. The van der Waals surface area contributed by atoms with Crippen LogP contribution in [-0.2, 0) is 25.5 Å². The highest BCUT2D eigenvalue weighted by Gasteiger charge is 2.27. The number of amides is 1. The molecule has 176 valence electrons. The zero-order valence-electron chi connectivity index (χ0n) is 19.0. The quantitative estimate of drug-likeness (QED) is 0.433. The monoisotopic (exact) mass is 474 g/mol. The van der Waals surface area contributed by atoms with Gasteiger partial charge in [0.2, 0.25) is 5.78 Å². The Kier molecular flexibility index (Phi) is 9.11. The molecule has 0 aliphatic heterocycles. The van der Waals surface area contributed by atoms with Gasteiger partial charge in [-0.2, -0.15) is 0 Å². The highest BCUT2D eigenvalue weighted by Crippen LogP contribution is 2.21. The van der Waals surface area contributed by atoms with Gasteiger partial charge in [0.25, 0.3) is 0 Å². The summed E-state index contributed by atoms with van der Waals surface area (Å²) in [7, 11) is 1.24.